The summed E-state index contributed by atoms with van der Waals surface area (Å²) in [5.41, 5.74) is 6.67. The number of ether oxygens (including phenoxy) is 1. The van der Waals surface area contributed by atoms with Gasteiger partial charge in [-0.15, -0.1) is 0 Å². The molecule has 0 aliphatic heterocycles. The van der Waals surface area contributed by atoms with Crippen molar-refractivity contribution in [1.82, 2.24) is 0 Å². The maximum absolute atomic E-state index is 5.44. The summed E-state index contributed by atoms with van der Waals surface area (Å²) >= 11 is 1.75. The summed E-state index contributed by atoms with van der Waals surface area (Å²) in [6.45, 7) is 3.20. The van der Waals surface area contributed by atoms with Crippen LogP contribution in [0, 0.1) is 6.92 Å². The summed E-state index contributed by atoms with van der Waals surface area (Å²) in [7, 11) is 0. The third kappa shape index (κ3) is 3.79. The molecule has 3 heteroatoms. The summed E-state index contributed by atoms with van der Waals surface area (Å²) in [6.07, 6.45) is 0. The lowest BCUT2D eigenvalue weighted by atomic mass is 10.2. The van der Waals surface area contributed by atoms with Crippen molar-refractivity contribution >= 4 is 11.8 Å². The SMILES string of the molecule is Cc1ccc(Sc2ccc(OCCN)cc2)cc1. The van der Waals surface area contributed by atoms with Gasteiger partial charge in [-0.2, -0.15) is 0 Å². The minimum atomic E-state index is 0.542. The van der Waals surface area contributed by atoms with Crippen molar-refractivity contribution in [3.63, 3.8) is 0 Å². The van der Waals surface area contributed by atoms with Crippen LogP contribution in [0.2, 0.25) is 0 Å². The van der Waals surface area contributed by atoms with Gasteiger partial charge in [0.25, 0.3) is 0 Å². The zero-order valence-electron chi connectivity index (χ0n) is 10.4. The molecule has 2 rings (SSSR count). The molecule has 0 aromatic heterocycles. The van der Waals surface area contributed by atoms with Gasteiger partial charge in [0, 0.05) is 16.3 Å². The van der Waals surface area contributed by atoms with Crippen LogP contribution in [0.5, 0.6) is 5.75 Å². The molecule has 0 unspecified atom stereocenters. The Labute approximate surface area is 112 Å². The van der Waals surface area contributed by atoms with Crippen molar-refractivity contribution in [3.05, 3.63) is 54.1 Å². The molecule has 0 spiro atoms. The number of rotatable bonds is 5. The van der Waals surface area contributed by atoms with Gasteiger partial charge < -0.3 is 10.5 Å². The van der Waals surface area contributed by atoms with E-state index in [-0.39, 0.29) is 0 Å². The standard InChI is InChI=1S/C15H17NOS/c1-12-2-6-14(7-3-12)18-15-8-4-13(5-9-15)17-11-10-16/h2-9H,10-11,16H2,1H3. The summed E-state index contributed by atoms with van der Waals surface area (Å²) in [6, 6.07) is 16.6. The molecule has 0 saturated carbocycles. The number of hydrogen-bond donors (Lipinski definition) is 1. The van der Waals surface area contributed by atoms with Crippen molar-refractivity contribution < 1.29 is 4.74 Å². The van der Waals surface area contributed by atoms with Crippen LogP contribution < -0.4 is 10.5 Å². The van der Waals surface area contributed by atoms with E-state index in [0.29, 0.717) is 13.2 Å². The van der Waals surface area contributed by atoms with Crippen molar-refractivity contribution in [1.29, 1.82) is 0 Å². The quantitative estimate of drug-likeness (QED) is 0.892. The second-order valence-electron chi connectivity index (χ2n) is 4.02. The normalized spacial score (nSPS) is 10.3. The first kappa shape index (κ1) is 13.0. The summed E-state index contributed by atoms with van der Waals surface area (Å²) < 4.78 is 5.44. The number of aryl methyl sites for hydroxylation is 1. The molecule has 94 valence electrons. The van der Waals surface area contributed by atoms with E-state index in [1.54, 1.807) is 11.8 Å². The van der Waals surface area contributed by atoms with Crippen LogP contribution in [0.3, 0.4) is 0 Å². The molecule has 2 N–H and O–H groups in total. The van der Waals surface area contributed by atoms with Gasteiger partial charge in [0.2, 0.25) is 0 Å². The molecule has 0 radical (unpaired) electrons. The highest BCUT2D eigenvalue weighted by molar-refractivity contribution is 7.99. The van der Waals surface area contributed by atoms with Crippen LogP contribution in [0.25, 0.3) is 0 Å². The highest BCUT2D eigenvalue weighted by Gasteiger charge is 1.98. The van der Waals surface area contributed by atoms with Crippen molar-refractivity contribution in [3.8, 4) is 5.75 Å². The van der Waals surface area contributed by atoms with Gasteiger partial charge in [-0.05, 0) is 43.3 Å². The minimum Gasteiger partial charge on any atom is -0.492 e. The first-order chi connectivity index (χ1) is 8.78. The van der Waals surface area contributed by atoms with E-state index in [1.165, 1.54) is 15.4 Å². The Morgan fingerprint density at radius 3 is 2.06 bits per heavy atom. The van der Waals surface area contributed by atoms with Gasteiger partial charge >= 0.3 is 0 Å². The third-order valence-corrected chi connectivity index (χ3v) is 3.48. The topological polar surface area (TPSA) is 35.2 Å². The second kappa shape index (κ2) is 6.47. The zero-order valence-corrected chi connectivity index (χ0v) is 11.2. The predicted octanol–water partition coefficient (Wildman–Crippen LogP) is 3.48. The Hall–Kier alpha value is -1.45. The predicted molar refractivity (Wildman–Crippen MR) is 76.3 cm³/mol. The fourth-order valence-corrected chi connectivity index (χ4v) is 2.34. The monoisotopic (exact) mass is 259 g/mol. The largest absolute Gasteiger partial charge is 0.492 e. The van der Waals surface area contributed by atoms with E-state index < -0.39 is 0 Å². The van der Waals surface area contributed by atoms with E-state index >= 15 is 0 Å². The lowest BCUT2D eigenvalue weighted by Gasteiger charge is -2.06. The molecule has 0 bridgehead atoms. The maximum atomic E-state index is 5.44. The Kier molecular flexibility index (Phi) is 4.67. The van der Waals surface area contributed by atoms with Gasteiger partial charge in [0.1, 0.15) is 12.4 Å². The number of nitrogens with two attached hydrogens (primary N) is 1. The second-order valence-corrected chi connectivity index (χ2v) is 5.17. The fourth-order valence-electron chi connectivity index (χ4n) is 1.52. The Bertz CT molecular complexity index is 479. The van der Waals surface area contributed by atoms with E-state index in [2.05, 4.69) is 43.3 Å². The molecular formula is C15H17NOS. The minimum absolute atomic E-state index is 0.542. The fraction of sp³-hybridized carbons (Fsp3) is 0.200. The molecular weight excluding hydrogens is 242 g/mol. The molecule has 2 aromatic rings. The molecule has 0 saturated heterocycles. The highest BCUT2D eigenvalue weighted by Crippen LogP contribution is 2.29. The molecule has 0 atom stereocenters. The molecule has 0 aliphatic carbocycles. The Morgan fingerprint density at radius 2 is 1.50 bits per heavy atom. The third-order valence-electron chi connectivity index (χ3n) is 2.47. The molecule has 0 amide bonds. The maximum Gasteiger partial charge on any atom is 0.119 e. The zero-order chi connectivity index (χ0) is 12.8. The summed E-state index contributed by atoms with van der Waals surface area (Å²) in [5.74, 6) is 0.869. The average Bonchev–Trinajstić information content (AvgIpc) is 2.41. The van der Waals surface area contributed by atoms with Crippen LogP contribution in [0.15, 0.2) is 58.3 Å². The van der Waals surface area contributed by atoms with Crippen LogP contribution >= 0.6 is 11.8 Å². The van der Waals surface area contributed by atoms with Gasteiger partial charge in [-0.25, -0.2) is 0 Å². The van der Waals surface area contributed by atoms with Gasteiger partial charge in [-0.1, -0.05) is 29.5 Å². The Morgan fingerprint density at radius 1 is 0.944 bits per heavy atom. The first-order valence-electron chi connectivity index (χ1n) is 5.95. The lowest BCUT2D eigenvalue weighted by Crippen LogP contribution is -2.10. The van der Waals surface area contributed by atoms with Crippen molar-refractivity contribution in [2.45, 2.75) is 16.7 Å². The van der Waals surface area contributed by atoms with Gasteiger partial charge in [0.15, 0.2) is 0 Å². The molecule has 2 aromatic carbocycles. The lowest BCUT2D eigenvalue weighted by molar-refractivity contribution is 0.328. The summed E-state index contributed by atoms with van der Waals surface area (Å²) in [5, 5.41) is 0. The molecule has 0 fully saturated rings. The molecule has 18 heavy (non-hydrogen) atoms. The van der Waals surface area contributed by atoms with Crippen LogP contribution in [-0.2, 0) is 0 Å². The Balaban J connectivity index is 1.99. The first-order valence-corrected chi connectivity index (χ1v) is 6.77. The number of benzene rings is 2. The van der Waals surface area contributed by atoms with E-state index in [1.807, 2.05) is 12.1 Å². The summed E-state index contributed by atoms with van der Waals surface area (Å²) in [4.78, 5) is 2.45. The van der Waals surface area contributed by atoms with E-state index in [4.69, 9.17) is 10.5 Å². The van der Waals surface area contributed by atoms with Crippen molar-refractivity contribution in [2.24, 2.45) is 5.73 Å². The van der Waals surface area contributed by atoms with Crippen molar-refractivity contribution in [2.75, 3.05) is 13.2 Å². The highest BCUT2D eigenvalue weighted by atomic mass is 32.2. The van der Waals surface area contributed by atoms with Crippen LogP contribution in [-0.4, -0.2) is 13.2 Å². The van der Waals surface area contributed by atoms with Crippen LogP contribution in [0.1, 0.15) is 5.56 Å². The molecule has 0 heterocycles. The smallest absolute Gasteiger partial charge is 0.119 e. The molecule has 2 nitrogen and oxygen atoms in total. The number of hydrogen-bond acceptors (Lipinski definition) is 3. The van der Waals surface area contributed by atoms with E-state index in [9.17, 15) is 0 Å². The van der Waals surface area contributed by atoms with Gasteiger partial charge in [0.05, 0.1) is 0 Å². The van der Waals surface area contributed by atoms with E-state index in [0.717, 1.165) is 5.75 Å². The average molecular weight is 259 g/mol. The molecule has 0 aliphatic rings. The van der Waals surface area contributed by atoms with Crippen LogP contribution in [0.4, 0.5) is 0 Å². The van der Waals surface area contributed by atoms with Gasteiger partial charge in [-0.3, -0.25) is 0 Å².